The Hall–Kier alpha value is -6.43. The van der Waals surface area contributed by atoms with Crippen molar-refractivity contribution in [1.29, 1.82) is 5.41 Å². The van der Waals surface area contributed by atoms with Gasteiger partial charge >= 0.3 is 0 Å². The third-order valence-corrected chi connectivity index (χ3v) is 11.1. The number of aromatic nitrogens is 2. The molecule has 0 saturated carbocycles. The lowest BCUT2D eigenvalue weighted by Crippen LogP contribution is -2.18. The van der Waals surface area contributed by atoms with E-state index in [1.165, 1.54) is 58.3 Å². The van der Waals surface area contributed by atoms with Crippen LogP contribution in [0.4, 0.5) is 0 Å². The molecular formula is C46H32N4S. The average molecular weight is 673 g/mol. The highest BCUT2D eigenvalue weighted by molar-refractivity contribution is 7.26. The molecule has 0 atom stereocenters. The zero-order valence-corrected chi connectivity index (χ0v) is 28.5. The fraction of sp³-hybridized carbons (Fsp3) is 0.0217. The third-order valence-electron chi connectivity index (χ3n) is 10.0. The smallest absolute Gasteiger partial charge is 0.113 e. The standard InChI is InChI=1S/C46H32N4S/c47-36(31-16-6-2-7-17-31)28-42(48-29-30-14-4-1-5-15-30)50-37-22-12-10-20-33(37)34-24-26-41-45(46(34)50)44-40(51-41)27-25-39-43(44)35-21-11-13-23-38(35)49(39)32-18-8-3-9-19-32/h1-28,47-48H,29H2/b42-28+,47-36?. The van der Waals surface area contributed by atoms with E-state index in [-0.39, 0.29) is 0 Å². The summed E-state index contributed by atoms with van der Waals surface area (Å²) in [6.45, 7) is 0.623. The van der Waals surface area contributed by atoms with Crippen LogP contribution in [0.2, 0.25) is 0 Å². The van der Waals surface area contributed by atoms with Crippen molar-refractivity contribution in [2.75, 3.05) is 0 Å². The summed E-state index contributed by atoms with van der Waals surface area (Å²) in [7, 11) is 0. The SMILES string of the molecule is N=C(/C=C(\NCc1ccccc1)n1c2ccccc2c2ccc3sc4ccc5c(c6ccccc6n5-c5ccccc5)c4c3c21)c1ccccc1. The fourth-order valence-corrected chi connectivity index (χ4v) is 8.90. The molecule has 4 nitrogen and oxygen atoms in total. The van der Waals surface area contributed by atoms with E-state index in [4.69, 9.17) is 0 Å². The third kappa shape index (κ3) is 4.70. The van der Waals surface area contributed by atoms with Gasteiger partial charge in [0.05, 0.1) is 27.8 Å². The van der Waals surface area contributed by atoms with E-state index in [9.17, 15) is 5.41 Å². The molecule has 5 heteroatoms. The Morgan fingerprint density at radius 3 is 1.96 bits per heavy atom. The Balaban J connectivity index is 1.34. The first-order chi connectivity index (χ1) is 25.2. The number of allylic oxidation sites excluding steroid dienone is 1. The fourth-order valence-electron chi connectivity index (χ4n) is 7.79. The minimum atomic E-state index is 0.452. The number of hydrogen-bond acceptors (Lipinski definition) is 3. The Morgan fingerprint density at radius 1 is 0.549 bits per heavy atom. The van der Waals surface area contributed by atoms with Gasteiger partial charge in [0, 0.05) is 60.0 Å². The zero-order valence-electron chi connectivity index (χ0n) is 27.7. The van der Waals surface area contributed by atoms with Crippen LogP contribution < -0.4 is 5.32 Å². The number of nitrogens with one attached hydrogen (secondary N) is 2. The van der Waals surface area contributed by atoms with Gasteiger partial charge in [-0.3, -0.25) is 4.57 Å². The molecule has 10 aromatic rings. The first kappa shape index (κ1) is 29.5. The average Bonchev–Trinajstić information content (AvgIpc) is 3.85. The monoisotopic (exact) mass is 672 g/mol. The van der Waals surface area contributed by atoms with Crippen LogP contribution in [0.25, 0.3) is 75.3 Å². The summed E-state index contributed by atoms with van der Waals surface area (Å²) in [4.78, 5) is 0. The molecule has 0 bridgehead atoms. The quantitative estimate of drug-likeness (QED) is 0.163. The van der Waals surface area contributed by atoms with Crippen molar-refractivity contribution in [2.24, 2.45) is 0 Å². The predicted octanol–water partition coefficient (Wildman–Crippen LogP) is 11.9. The van der Waals surface area contributed by atoms with Gasteiger partial charge in [-0.05, 0) is 53.6 Å². The van der Waals surface area contributed by atoms with Gasteiger partial charge in [0.2, 0.25) is 0 Å². The van der Waals surface area contributed by atoms with Crippen molar-refractivity contribution in [3.8, 4) is 5.69 Å². The van der Waals surface area contributed by atoms with Gasteiger partial charge < -0.3 is 15.3 Å². The van der Waals surface area contributed by atoms with Crippen molar-refractivity contribution in [3.63, 3.8) is 0 Å². The molecule has 3 heterocycles. The number of thiophene rings is 1. The molecule has 0 unspecified atom stereocenters. The van der Waals surface area contributed by atoms with Crippen LogP contribution in [-0.4, -0.2) is 14.8 Å². The molecule has 242 valence electrons. The lowest BCUT2D eigenvalue weighted by molar-refractivity contribution is 0.846. The normalized spacial score (nSPS) is 12.2. The van der Waals surface area contributed by atoms with Crippen molar-refractivity contribution in [2.45, 2.75) is 6.54 Å². The number of benzene rings is 7. The van der Waals surface area contributed by atoms with E-state index >= 15 is 0 Å². The second kappa shape index (κ2) is 11.9. The molecule has 0 aliphatic carbocycles. The van der Waals surface area contributed by atoms with Crippen molar-refractivity contribution >= 4 is 86.7 Å². The predicted molar refractivity (Wildman–Crippen MR) is 217 cm³/mol. The molecule has 0 aliphatic heterocycles. The molecular weight excluding hydrogens is 641 g/mol. The maximum Gasteiger partial charge on any atom is 0.113 e. The summed E-state index contributed by atoms with van der Waals surface area (Å²) < 4.78 is 7.27. The lowest BCUT2D eigenvalue weighted by atomic mass is 10.0. The van der Waals surface area contributed by atoms with Crippen LogP contribution >= 0.6 is 11.3 Å². The van der Waals surface area contributed by atoms with Gasteiger partial charge in [-0.15, -0.1) is 11.3 Å². The summed E-state index contributed by atoms with van der Waals surface area (Å²) in [5, 5.41) is 20.5. The summed E-state index contributed by atoms with van der Waals surface area (Å²) in [6.07, 6.45) is 1.99. The van der Waals surface area contributed by atoms with Crippen molar-refractivity contribution < 1.29 is 0 Å². The van der Waals surface area contributed by atoms with Crippen LogP contribution in [0.5, 0.6) is 0 Å². The highest BCUT2D eigenvalue weighted by Crippen LogP contribution is 2.47. The highest BCUT2D eigenvalue weighted by atomic mass is 32.1. The molecule has 3 aromatic heterocycles. The van der Waals surface area contributed by atoms with Crippen LogP contribution in [0.1, 0.15) is 11.1 Å². The number of rotatable bonds is 7. The maximum absolute atomic E-state index is 9.28. The van der Waals surface area contributed by atoms with E-state index in [0.29, 0.717) is 12.3 Å². The lowest BCUT2D eigenvalue weighted by Gasteiger charge is -2.17. The molecule has 0 fully saturated rings. The highest BCUT2D eigenvalue weighted by Gasteiger charge is 2.23. The second-order valence-corrected chi connectivity index (χ2v) is 14.0. The van der Waals surface area contributed by atoms with Gasteiger partial charge in [0.1, 0.15) is 5.82 Å². The van der Waals surface area contributed by atoms with Crippen LogP contribution in [-0.2, 0) is 6.54 Å². The molecule has 0 aliphatic rings. The van der Waals surface area contributed by atoms with E-state index in [0.717, 1.165) is 28.1 Å². The maximum atomic E-state index is 9.28. The first-order valence-electron chi connectivity index (χ1n) is 17.2. The van der Waals surface area contributed by atoms with Crippen LogP contribution in [0, 0.1) is 5.41 Å². The van der Waals surface area contributed by atoms with E-state index in [1.807, 2.05) is 53.8 Å². The Morgan fingerprint density at radius 2 is 1.18 bits per heavy atom. The zero-order chi connectivity index (χ0) is 33.9. The molecule has 0 saturated heterocycles. The summed E-state index contributed by atoms with van der Waals surface area (Å²) in [5.41, 5.74) is 8.29. The molecule has 51 heavy (non-hydrogen) atoms. The Labute approximate surface area is 298 Å². The molecule has 10 rings (SSSR count). The van der Waals surface area contributed by atoms with Gasteiger partial charge in [-0.25, -0.2) is 0 Å². The van der Waals surface area contributed by atoms with E-state index < -0.39 is 0 Å². The largest absolute Gasteiger partial charge is 0.367 e. The number of fused-ring (bicyclic) bond motifs is 11. The molecule has 2 N–H and O–H groups in total. The van der Waals surface area contributed by atoms with Crippen LogP contribution in [0.15, 0.2) is 170 Å². The van der Waals surface area contributed by atoms with Gasteiger partial charge in [0.15, 0.2) is 0 Å². The molecule has 0 amide bonds. The topological polar surface area (TPSA) is 45.7 Å². The van der Waals surface area contributed by atoms with Gasteiger partial charge in [-0.1, -0.05) is 121 Å². The first-order valence-corrected chi connectivity index (χ1v) is 18.1. The minimum Gasteiger partial charge on any atom is -0.367 e. The summed E-state index contributed by atoms with van der Waals surface area (Å²) >= 11 is 1.85. The number of para-hydroxylation sites is 3. The summed E-state index contributed by atoms with van der Waals surface area (Å²) in [5.74, 6) is 0.865. The van der Waals surface area contributed by atoms with Gasteiger partial charge in [-0.2, -0.15) is 0 Å². The minimum absolute atomic E-state index is 0.452. The molecule has 0 radical (unpaired) electrons. The number of nitrogens with zero attached hydrogens (tertiary/aromatic N) is 2. The van der Waals surface area contributed by atoms with E-state index in [2.05, 4.69) is 142 Å². The van der Waals surface area contributed by atoms with Gasteiger partial charge in [0.25, 0.3) is 0 Å². The number of hydrogen-bond donors (Lipinski definition) is 2. The Bertz CT molecular complexity index is 2970. The van der Waals surface area contributed by atoms with Crippen LogP contribution in [0.3, 0.4) is 0 Å². The van der Waals surface area contributed by atoms with Crippen molar-refractivity contribution in [3.05, 3.63) is 181 Å². The summed E-state index contributed by atoms with van der Waals surface area (Å²) in [6, 6.07) is 57.8. The molecule has 7 aromatic carbocycles. The van der Waals surface area contributed by atoms with E-state index in [1.54, 1.807) is 0 Å². The molecule has 0 spiro atoms. The second-order valence-electron chi connectivity index (χ2n) is 13.0. The van der Waals surface area contributed by atoms with Crippen molar-refractivity contribution in [1.82, 2.24) is 14.5 Å². The Kier molecular flexibility index (Phi) is 6.86.